The second-order valence-corrected chi connectivity index (χ2v) is 4.97. The Hall–Kier alpha value is -1.88. The quantitative estimate of drug-likeness (QED) is 0.881. The Balaban J connectivity index is 2.28. The molecular formula is C14H11BrFNO2. The van der Waals surface area contributed by atoms with Crippen LogP contribution in [-0.4, -0.2) is 11.0 Å². The highest BCUT2D eigenvalue weighted by Gasteiger charge is 2.14. The lowest BCUT2D eigenvalue weighted by atomic mass is 10.1. The van der Waals surface area contributed by atoms with E-state index < -0.39 is 11.7 Å². The van der Waals surface area contributed by atoms with E-state index in [-0.39, 0.29) is 17.0 Å². The van der Waals surface area contributed by atoms with E-state index >= 15 is 0 Å². The zero-order chi connectivity index (χ0) is 14.0. The van der Waals surface area contributed by atoms with Crippen molar-refractivity contribution < 1.29 is 14.3 Å². The van der Waals surface area contributed by atoms with Crippen LogP contribution in [0, 0.1) is 12.7 Å². The number of phenolic OH excluding ortho intramolecular Hbond substituents is 1. The summed E-state index contributed by atoms with van der Waals surface area (Å²) in [6.07, 6.45) is 0. The highest BCUT2D eigenvalue weighted by molar-refractivity contribution is 9.10. The van der Waals surface area contributed by atoms with E-state index in [0.717, 1.165) is 0 Å². The molecule has 2 aromatic carbocycles. The molecule has 0 fully saturated rings. The molecule has 19 heavy (non-hydrogen) atoms. The second kappa shape index (κ2) is 5.40. The minimum absolute atomic E-state index is 0.0640. The zero-order valence-corrected chi connectivity index (χ0v) is 11.7. The topological polar surface area (TPSA) is 49.3 Å². The minimum atomic E-state index is -0.553. The van der Waals surface area contributed by atoms with Crippen molar-refractivity contribution in [2.45, 2.75) is 6.92 Å². The van der Waals surface area contributed by atoms with Crippen molar-refractivity contribution in [2.75, 3.05) is 5.32 Å². The minimum Gasteiger partial charge on any atom is -0.507 e. The first-order chi connectivity index (χ1) is 8.99. The summed E-state index contributed by atoms with van der Waals surface area (Å²) in [4.78, 5) is 12.0. The summed E-state index contributed by atoms with van der Waals surface area (Å²) in [5.41, 5.74) is 0.764. The van der Waals surface area contributed by atoms with Crippen molar-refractivity contribution in [3.05, 3.63) is 57.8 Å². The second-order valence-electron chi connectivity index (χ2n) is 4.05. The first-order valence-corrected chi connectivity index (χ1v) is 6.33. The number of carbonyl (C=O) groups is 1. The molecule has 0 aliphatic heterocycles. The maximum Gasteiger partial charge on any atom is 0.259 e. The summed E-state index contributed by atoms with van der Waals surface area (Å²) >= 11 is 3.14. The molecular weight excluding hydrogens is 313 g/mol. The van der Waals surface area contributed by atoms with Crippen LogP contribution in [0.15, 0.2) is 40.9 Å². The van der Waals surface area contributed by atoms with Gasteiger partial charge in [-0.05, 0) is 36.8 Å². The monoisotopic (exact) mass is 323 g/mol. The highest BCUT2D eigenvalue weighted by atomic mass is 79.9. The van der Waals surface area contributed by atoms with Crippen LogP contribution < -0.4 is 5.32 Å². The highest BCUT2D eigenvalue weighted by Crippen LogP contribution is 2.24. The Bertz CT molecular complexity index is 643. The van der Waals surface area contributed by atoms with Gasteiger partial charge in [0.2, 0.25) is 0 Å². The summed E-state index contributed by atoms with van der Waals surface area (Å²) < 4.78 is 14.2. The number of halogens is 2. The maximum absolute atomic E-state index is 13.6. The summed E-state index contributed by atoms with van der Waals surface area (Å²) in [6.45, 7) is 1.69. The van der Waals surface area contributed by atoms with Gasteiger partial charge in [-0.25, -0.2) is 4.39 Å². The van der Waals surface area contributed by atoms with Gasteiger partial charge < -0.3 is 10.4 Å². The standard InChI is InChI=1S/C14H11BrFNO2/c1-8-3-2-4-10(13(8)18)14(19)17-12-6-5-9(15)7-11(12)16/h2-7,18H,1H3,(H,17,19). The number of rotatable bonds is 2. The molecule has 0 atom stereocenters. The Morgan fingerprint density at radius 3 is 2.74 bits per heavy atom. The Morgan fingerprint density at radius 2 is 2.05 bits per heavy atom. The fourth-order valence-electron chi connectivity index (χ4n) is 1.62. The van der Waals surface area contributed by atoms with Gasteiger partial charge in [-0.1, -0.05) is 28.1 Å². The van der Waals surface area contributed by atoms with E-state index in [1.807, 2.05) is 0 Å². The fourth-order valence-corrected chi connectivity index (χ4v) is 1.96. The smallest absolute Gasteiger partial charge is 0.259 e. The molecule has 0 aliphatic carbocycles. The molecule has 0 unspecified atom stereocenters. The number of aryl methyl sites for hydroxylation is 1. The molecule has 98 valence electrons. The number of hydrogen-bond acceptors (Lipinski definition) is 2. The van der Waals surface area contributed by atoms with Crippen LogP contribution >= 0.6 is 15.9 Å². The van der Waals surface area contributed by atoms with Crippen molar-refractivity contribution in [2.24, 2.45) is 0 Å². The lowest BCUT2D eigenvalue weighted by Crippen LogP contribution is -2.13. The van der Waals surface area contributed by atoms with Gasteiger partial charge in [-0.15, -0.1) is 0 Å². The number of hydrogen-bond donors (Lipinski definition) is 2. The zero-order valence-electron chi connectivity index (χ0n) is 10.1. The van der Waals surface area contributed by atoms with Crippen LogP contribution in [0.5, 0.6) is 5.75 Å². The molecule has 0 saturated heterocycles. The number of nitrogens with one attached hydrogen (secondary N) is 1. The molecule has 2 aromatic rings. The van der Waals surface area contributed by atoms with Crippen molar-refractivity contribution in [3.8, 4) is 5.75 Å². The third-order valence-electron chi connectivity index (χ3n) is 2.66. The molecule has 0 aromatic heterocycles. The molecule has 0 heterocycles. The average Bonchev–Trinajstić information content (AvgIpc) is 2.36. The lowest BCUT2D eigenvalue weighted by Gasteiger charge is -2.09. The van der Waals surface area contributed by atoms with E-state index in [1.54, 1.807) is 25.1 Å². The van der Waals surface area contributed by atoms with Crippen LogP contribution in [0.3, 0.4) is 0 Å². The van der Waals surface area contributed by atoms with Crippen LogP contribution in [0.4, 0.5) is 10.1 Å². The number of amides is 1. The van der Waals surface area contributed by atoms with E-state index in [2.05, 4.69) is 21.2 Å². The summed E-state index contributed by atoms with van der Waals surface area (Å²) in [5, 5.41) is 12.2. The van der Waals surface area contributed by atoms with Gasteiger partial charge in [0.1, 0.15) is 11.6 Å². The van der Waals surface area contributed by atoms with Crippen molar-refractivity contribution >= 4 is 27.5 Å². The Morgan fingerprint density at radius 1 is 1.32 bits per heavy atom. The number of para-hydroxylation sites is 1. The van der Waals surface area contributed by atoms with Gasteiger partial charge >= 0.3 is 0 Å². The van der Waals surface area contributed by atoms with Crippen LogP contribution in [-0.2, 0) is 0 Å². The Kier molecular flexibility index (Phi) is 3.85. The largest absolute Gasteiger partial charge is 0.507 e. The van der Waals surface area contributed by atoms with Crippen LogP contribution in [0.1, 0.15) is 15.9 Å². The van der Waals surface area contributed by atoms with E-state index in [1.165, 1.54) is 18.2 Å². The molecule has 1 amide bonds. The van der Waals surface area contributed by atoms with E-state index in [0.29, 0.717) is 10.0 Å². The van der Waals surface area contributed by atoms with Crippen molar-refractivity contribution in [3.63, 3.8) is 0 Å². The number of benzene rings is 2. The number of phenols is 1. The summed E-state index contributed by atoms with van der Waals surface area (Å²) in [5.74, 6) is -1.20. The molecule has 5 heteroatoms. The third-order valence-corrected chi connectivity index (χ3v) is 3.15. The summed E-state index contributed by atoms with van der Waals surface area (Å²) in [7, 11) is 0. The maximum atomic E-state index is 13.6. The third kappa shape index (κ3) is 2.93. The number of anilines is 1. The van der Waals surface area contributed by atoms with Crippen LogP contribution in [0.25, 0.3) is 0 Å². The fraction of sp³-hybridized carbons (Fsp3) is 0.0714. The number of carbonyl (C=O) groups excluding carboxylic acids is 1. The molecule has 0 bridgehead atoms. The first kappa shape index (κ1) is 13.5. The van der Waals surface area contributed by atoms with E-state index in [9.17, 15) is 14.3 Å². The van der Waals surface area contributed by atoms with Gasteiger partial charge in [0, 0.05) is 4.47 Å². The van der Waals surface area contributed by atoms with Gasteiger partial charge in [-0.2, -0.15) is 0 Å². The normalized spacial score (nSPS) is 10.3. The molecule has 0 spiro atoms. The van der Waals surface area contributed by atoms with Gasteiger partial charge in [-0.3, -0.25) is 4.79 Å². The number of aromatic hydroxyl groups is 1. The SMILES string of the molecule is Cc1cccc(C(=O)Nc2ccc(Br)cc2F)c1O. The first-order valence-electron chi connectivity index (χ1n) is 5.54. The van der Waals surface area contributed by atoms with Crippen molar-refractivity contribution in [1.82, 2.24) is 0 Å². The predicted octanol–water partition coefficient (Wildman–Crippen LogP) is 3.85. The Labute approximate surface area is 118 Å². The summed E-state index contributed by atoms with van der Waals surface area (Å²) in [6, 6.07) is 9.15. The predicted molar refractivity (Wildman–Crippen MR) is 74.9 cm³/mol. The lowest BCUT2D eigenvalue weighted by molar-refractivity contribution is 0.102. The molecule has 2 rings (SSSR count). The molecule has 0 radical (unpaired) electrons. The van der Waals surface area contributed by atoms with Gasteiger partial charge in [0.15, 0.2) is 0 Å². The van der Waals surface area contributed by atoms with Gasteiger partial charge in [0.25, 0.3) is 5.91 Å². The molecule has 2 N–H and O–H groups in total. The molecule has 3 nitrogen and oxygen atoms in total. The van der Waals surface area contributed by atoms with Crippen LogP contribution in [0.2, 0.25) is 0 Å². The van der Waals surface area contributed by atoms with Crippen molar-refractivity contribution in [1.29, 1.82) is 0 Å². The molecule has 0 saturated carbocycles. The average molecular weight is 324 g/mol. The molecule has 0 aliphatic rings. The van der Waals surface area contributed by atoms with Gasteiger partial charge in [0.05, 0.1) is 11.3 Å². The van der Waals surface area contributed by atoms with E-state index in [4.69, 9.17) is 0 Å².